The highest BCUT2D eigenvalue weighted by Gasteiger charge is 2.33. The lowest BCUT2D eigenvalue weighted by Crippen LogP contribution is -2.40. The number of fused-ring (bicyclic) bond motifs is 4. The van der Waals surface area contributed by atoms with Crippen molar-refractivity contribution in [3.8, 4) is 11.6 Å². The molecule has 1 saturated heterocycles. The predicted molar refractivity (Wildman–Crippen MR) is 127 cm³/mol. The molecule has 0 saturated carbocycles. The van der Waals surface area contributed by atoms with Gasteiger partial charge >= 0.3 is 0 Å². The molecule has 0 aliphatic carbocycles. The molecule has 6 nitrogen and oxygen atoms in total. The minimum absolute atomic E-state index is 0.119. The van der Waals surface area contributed by atoms with Gasteiger partial charge in [-0.2, -0.15) is 0 Å². The molecule has 2 aliphatic heterocycles. The van der Waals surface area contributed by atoms with Crippen LogP contribution in [0.25, 0.3) is 10.8 Å². The monoisotopic (exact) mass is 438 g/mol. The molecule has 0 amide bonds. The molecule has 6 heteroatoms. The van der Waals surface area contributed by atoms with Gasteiger partial charge in [-0.3, -0.25) is 10.3 Å². The van der Waals surface area contributed by atoms with Crippen LogP contribution in [0.1, 0.15) is 22.6 Å². The Morgan fingerprint density at radius 2 is 1.67 bits per heavy atom. The van der Waals surface area contributed by atoms with Crippen molar-refractivity contribution < 1.29 is 9.47 Å². The van der Waals surface area contributed by atoms with Crippen LogP contribution in [-0.4, -0.2) is 47.3 Å². The van der Waals surface area contributed by atoms with Gasteiger partial charge in [0.05, 0.1) is 18.8 Å². The summed E-state index contributed by atoms with van der Waals surface area (Å²) in [4.78, 5) is 7.05. The van der Waals surface area contributed by atoms with Crippen molar-refractivity contribution in [2.24, 2.45) is 0 Å². The van der Waals surface area contributed by atoms with Crippen LogP contribution in [-0.2, 0) is 11.3 Å². The average molecular weight is 439 g/mol. The first-order valence-electron chi connectivity index (χ1n) is 11.5. The summed E-state index contributed by atoms with van der Waals surface area (Å²) in [5.41, 5.74) is 3.53. The maximum atomic E-state index is 9.17. The average Bonchev–Trinajstić information content (AvgIpc) is 2.88. The minimum atomic E-state index is -0.119. The molecule has 1 fully saturated rings. The van der Waals surface area contributed by atoms with E-state index in [-0.39, 0.29) is 5.92 Å². The number of nitrogens with one attached hydrogen (secondary N) is 1. The van der Waals surface area contributed by atoms with Crippen molar-refractivity contribution in [1.82, 2.24) is 14.5 Å². The fourth-order valence-corrected chi connectivity index (χ4v) is 4.98. The molecular weight excluding hydrogens is 412 g/mol. The number of aromatic nitrogens is 2. The first-order chi connectivity index (χ1) is 16.3. The van der Waals surface area contributed by atoms with Crippen LogP contribution in [0.2, 0.25) is 0 Å². The summed E-state index contributed by atoms with van der Waals surface area (Å²) in [5.74, 6) is 1.22. The zero-order valence-corrected chi connectivity index (χ0v) is 18.4. The highest BCUT2D eigenvalue weighted by Crippen LogP contribution is 2.47. The normalized spacial score (nSPS) is 17.9. The highest BCUT2D eigenvalue weighted by atomic mass is 16.5. The smallest absolute Gasteiger partial charge is 0.228 e. The van der Waals surface area contributed by atoms with E-state index in [2.05, 4.69) is 64.5 Å². The topological polar surface area (TPSA) is 63.4 Å². The van der Waals surface area contributed by atoms with Crippen LogP contribution in [0.15, 0.2) is 73.1 Å². The third kappa shape index (κ3) is 3.61. The molecule has 2 aliphatic rings. The van der Waals surface area contributed by atoms with E-state index in [1.807, 2.05) is 16.7 Å². The minimum Gasteiger partial charge on any atom is -0.438 e. The Hall–Kier alpha value is -3.48. The SMILES string of the molecule is N=c1c2c(ncn1CCN1CCOCC1)Oc1ccc3ccccc3c1[C@@H]2c1ccccc1. The molecule has 0 spiro atoms. The highest BCUT2D eigenvalue weighted by molar-refractivity contribution is 5.90. The first kappa shape index (κ1) is 20.1. The van der Waals surface area contributed by atoms with Crippen LogP contribution < -0.4 is 10.2 Å². The van der Waals surface area contributed by atoms with Crippen LogP contribution in [0.3, 0.4) is 0 Å². The number of benzene rings is 3. The summed E-state index contributed by atoms with van der Waals surface area (Å²) >= 11 is 0. The van der Waals surface area contributed by atoms with Gasteiger partial charge in [-0.1, -0.05) is 60.7 Å². The van der Waals surface area contributed by atoms with Crippen molar-refractivity contribution in [2.45, 2.75) is 12.5 Å². The Kier molecular flexibility index (Phi) is 5.17. The van der Waals surface area contributed by atoms with Gasteiger partial charge in [-0.15, -0.1) is 0 Å². The molecule has 4 aromatic rings. The second-order valence-corrected chi connectivity index (χ2v) is 8.60. The second kappa shape index (κ2) is 8.46. The Bertz CT molecular complexity index is 1360. The van der Waals surface area contributed by atoms with Gasteiger partial charge in [0.25, 0.3) is 0 Å². The quantitative estimate of drug-likeness (QED) is 0.458. The zero-order valence-electron chi connectivity index (χ0n) is 18.4. The van der Waals surface area contributed by atoms with E-state index in [1.54, 1.807) is 6.33 Å². The lowest BCUT2D eigenvalue weighted by atomic mass is 9.81. The van der Waals surface area contributed by atoms with Crippen LogP contribution in [0.5, 0.6) is 11.6 Å². The molecule has 1 atom stereocenters. The van der Waals surface area contributed by atoms with Crippen LogP contribution in [0, 0.1) is 5.41 Å². The standard InChI is InChI=1S/C27H26N4O2/c28-26-25-23(20-7-2-1-3-8-20)24-21-9-5-4-6-19(21)10-11-22(24)33-27(25)29-18-31(26)13-12-30-14-16-32-17-15-30/h1-11,18,23,28H,12-17H2/t23-/m0/s1. The summed E-state index contributed by atoms with van der Waals surface area (Å²) in [6, 6.07) is 22.9. The molecule has 1 N–H and O–H groups in total. The summed E-state index contributed by atoms with van der Waals surface area (Å²) in [6.07, 6.45) is 1.75. The zero-order chi connectivity index (χ0) is 22.2. The number of hydrogen-bond donors (Lipinski definition) is 1. The third-order valence-corrected chi connectivity index (χ3v) is 6.70. The fraction of sp³-hybridized carbons (Fsp3) is 0.259. The summed E-state index contributed by atoms with van der Waals surface area (Å²) < 4.78 is 13.7. The Morgan fingerprint density at radius 3 is 2.52 bits per heavy atom. The molecule has 1 aromatic heterocycles. The molecule has 0 radical (unpaired) electrons. The lowest BCUT2D eigenvalue weighted by molar-refractivity contribution is 0.0362. The number of nitrogens with zero attached hydrogens (tertiary/aromatic N) is 3. The molecule has 166 valence electrons. The van der Waals surface area contributed by atoms with Crippen molar-refractivity contribution in [2.75, 3.05) is 32.8 Å². The summed E-state index contributed by atoms with van der Waals surface area (Å²) in [5, 5.41) is 11.5. The van der Waals surface area contributed by atoms with Gasteiger partial charge < -0.3 is 14.0 Å². The Morgan fingerprint density at radius 1 is 0.879 bits per heavy atom. The molecule has 3 heterocycles. The first-order valence-corrected chi connectivity index (χ1v) is 11.5. The van der Waals surface area contributed by atoms with E-state index >= 15 is 0 Å². The van der Waals surface area contributed by atoms with Gasteiger partial charge in [0.1, 0.15) is 17.6 Å². The van der Waals surface area contributed by atoms with Gasteiger partial charge in [-0.05, 0) is 22.4 Å². The van der Waals surface area contributed by atoms with Crippen LogP contribution >= 0.6 is 0 Å². The van der Waals surface area contributed by atoms with E-state index in [0.29, 0.717) is 17.9 Å². The largest absolute Gasteiger partial charge is 0.438 e. The van der Waals surface area contributed by atoms with Gasteiger partial charge in [0, 0.05) is 37.7 Å². The van der Waals surface area contributed by atoms with E-state index in [0.717, 1.165) is 60.7 Å². The van der Waals surface area contributed by atoms with Gasteiger partial charge in [0.15, 0.2) is 0 Å². The third-order valence-electron chi connectivity index (χ3n) is 6.70. The molecule has 3 aromatic carbocycles. The summed E-state index contributed by atoms with van der Waals surface area (Å²) in [6.45, 7) is 4.99. The number of morpholine rings is 1. The molecule has 0 bridgehead atoms. The van der Waals surface area contributed by atoms with Crippen molar-refractivity contribution in [1.29, 1.82) is 5.41 Å². The maximum Gasteiger partial charge on any atom is 0.228 e. The molecule has 33 heavy (non-hydrogen) atoms. The van der Waals surface area contributed by atoms with Crippen LogP contribution in [0.4, 0.5) is 0 Å². The van der Waals surface area contributed by atoms with Gasteiger partial charge in [-0.25, -0.2) is 4.98 Å². The second-order valence-electron chi connectivity index (χ2n) is 8.60. The lowest BCUT2D eigenvalue weighted by Gasteiger charge is -2.30. The molecular formula is C27H26N4O2. The van der Waals surface area contributed by atoms with Crippen molar-refractivity contribution in [3.05, 3.63) is 95.2 Å². The van der Waals surface area contributed by atoms with E-state index in [9.17, 15) is 5.41 Å². The Labute approximate surface area is 192 Å². The van der Waals surface area contributed by atoms with E-state index < -0.39 is 0 Å². The number of ether oxygens (including phenoxy) is 2. The molecule has 0 unspecified atom stereocenters. The molecule has 6 rings (SSSR count). The Balaban J connectivity index is 1.49. The maximum absolute atomic E-state index is 9.17. The number of hydrogen-bond acceptors (Lipinski definition) is 5. The van der Waals surface area contributed by atoms with Crippen molar-refractivity contribution >= 4 is 10.8 Å². The van der Waals surface area contributed by atoms with Crippen molar-refractivity contribution in [3.63, 3.8) is 0 Å². The van der Waals surface area contributed by atoms with E-state index in [1.165, 1.54) is 5.39 Å². The van der Waals surface area contributed by atoms with E-state index in [4.69, 9.17) is 9.47 Å². The fourth-order valence-electron chi connectivity index (χ4n) is 4.98. The predicted octanol–water partition coefficient (Wildman–Crippen LogP) is 4.13. The number of rotatable bonds is 4. The summed E-state index contributed by atoms with van der Waals surface area (Å²) in [7, 11) is 0. The van der Waals surface area contributed by atoms with Gasteiger partial charge in [0.2, 0.25) is 5.88 Å².